The van der Waals surface area contributed by atoms with Gasteiger partial charge in [0.05, 0.1) is 24.0 Å². The number of ether oxygens (including phenoxy) is 1. The molecule has 0 saturated heterocycles. The van der Waals surface area contributed by atoms with Crippen molar-refractivity contribution in [3.8, 4) is 11.8 Å². The molecule has 0 saturated carbocycles. The van der Waals surface area contributed by atoms with E-state index in [0.29, 0.717) is 23.7 Å². The zero-order valence-electron chi connectivity index (χ0n) is 8.55. The molecule has 1 aromatic rings. The third kappa shape index (κ3) is 4.71. The fraction of sp³-hybridized carbons (Fsp3) is 0.273. The first-order chi connectivity index (χ1) is 7.72. The predicted octanol–water partition coefficient (Wildman–Crippen LogP) is 1.75. The maximum absolute atomic E-state index is 10.2. The Bertz CT molecular complexity index is 383. The number of rotatable bonds is 6. The molecule has 1 aromatic carbocycles. The van der Waals surface area contributed by atoms with E-state index >= 15 is 0 Å². The molecular weight excluding hydrogens is 226 g/mol. The number of carboxylic acids is 1. The number of nitrogens with zero attached hydrogens (tertiary/aromatic N) is 1. The highest BCUT2D eigenvalue weighted by Gasteiger charge is 1.98. The molecule has 0 aliphatic carbocycles. The summed E-state index contributed by atoms with van der Waals surface area (Å²) < 4.78 is 5.36. The van der Waals surface area contributed by atoms with Crippen molar-refractivity contribution in [2.75, 3.05) is 18.1 Å². The normalized spacial score (nSPS) is 9.44. The zero-order chi connectivity index (χ0) is 11.8. The molecule has 0 radical (unpaired) electrons. The van der Waals surface area contributed by atoms with Gasteiger partial charge >= 0.3 is 5.97 Å². The smallest absolute Gasteiger partial charge is 0.313 e. The molecule has 1 N–H and O–H groups in total. The van der Waals surface area contributed by atoms with Crippen molar-refractivity contribution in [3.63, 3.8) is 0 Å². The van der Waals surface area contributed by atoms with E-state index in [-0.39, 0.29) is 5.75 Å². The van der Waals surface area contributed by atoms with Gasteiger partial charge in [0.25, 0.3) is 0 Å². The Balaban J connectivity index is 2.22. The van der Waals surface area contributed by atoms with Crippen LogP contribution in [0, 0.1) is 11.3 Å². The van der Waals surface area contributed by atoms with E-state index in [1.165, 1.54) is 11.8 Å². The molecule has 5 heteroatoms. The van der Waals surface area contributed by atoms with Crippen LogP contribution in [0.3, 0.4) is 0 Å². The van der Waals surface area contributed by atoms with Gasteiger partial charge < -0.3 is 9.84 Å². The summed E-state index contributed by atoms with van der Waals surface area (Å²) >= 11 is 1.31. The Labute approximate surface area is 97.8 Å². The van der Waals surface area contributed by atoms with E-state index in [1.807, 2.05) is 6.07 Å². The highest BCUT2D eigenvalue weighted by Crippen LogP contribution is 2.12. The molecule has 0 fully saturated rings. The summed E-state index contributed by atoms with van der Waals surface area (Å²) in [7, 11) is 0. The van der Waals surface area contributed by atoms with Gasteiger partial charge in [-0.15, -0.1) is 11.8 Å². The molecule has 0 atom stereocenters. The number of carbonyl (C=O) groups is 1. The molecule has 1 rings (SSSR count). The molecular formula is C11H11NO3S. The van der Waals surface area contributed by atoms with Crippen molar-refractivity contribution in [1.82, 2.24) is 0 Å². The summed E-state index contributed by atoms with van der Waals surface area (Å²) in [5.74, 6) is 0.599. The Morgan fingerprint density at radius 3 is 2.69 bits per heavy atom. The molecule has 4 nitrogen and oxygen atoms in total. The van der Waals surface area contributed by atoms with Gasteiger partial charge in [-0.1, -0.05) is 0 Å². The third-order valence-electron chi connectivity index (χ3n) is 1.71. The van der Waals surface area contributed by atoms with Crippen molar-refractivity contribution < 1.29 is 14.6 Å². The first-order valence-corrected chi connectivity index (χ1v) is 5.80. The number of benzene rings is 1. The lowest BCUT2D eigenvalue weighted by Gasteiger charge is -2.04. The Morgan fingerprint density at radius 1 is 1.44 bits per heavy atom. The summed E-state index contributed by atoms with van der Waals surface area (Å²) in [6, 6.07) is 8.82. The van der Waals surface area contributed by atoms with Crippen LogP contribution in [0.5, 0.6) is 5.75 Å². The Morgan fingerprint density at radius 2 is 2.12 bits per heavy atom. The number of thioether (sulfide) groups is 1. The second kappa shape index (κ2) is 6.75. The second-order valence-electron chi connectivity index (χ2n) is 2.93. The average molecular weight is 237 g/mol. The minimum atomic E-state index is -0.816. The summed E-state index contributed by atoms with van der Waals surface area (Å²) in [5.41, 5.74) is 0.590. The van der Waals surface area contributed by atoms with E-state index in [0.717, 1.165) is 0 Å². The van der Waals surface area contributed by atoms with E-state index < -0.39 is 5.97 Å². The molecule has 84 valence electrons. The minimum absolute atomic E-state index is 0.0940. The molecule has 0 spiro atoms. The number of carboxylic acid groups (broad SMARTS) is 1. The van der Waals surface area contributed by atoms with Crippen LogP contribution in [0.25, 0.3) is 0 Å². The number of hydrogen-bond donors (Lipinski definition) is 1. The minimum Gasteiger partial charge on any atom is -0.493 e. The van der Waals surface area contributed by atoms with Crippen molar-refractivity contribution in [1.29, 1.82) is 5.26 Å². The second-order valence-corrected chi connectivity index (χ2v) is 4.04. The fourth-order valence-electron chi connectivity index (χ4n) is 1.00. The van der Waals surface area contributed by atoms with Gasteiger partial charge in [-0.2, -0.15) is 5.26 Å². The maximum Gasteiger partial charge on any atom is 0.313 e. The van der Waals surface area contributed by atoms with Gasteiger partial charge in [0.15, 0.2) is 0 Å². The van der Waals surface area contributed by atoms with Crippen molar-refractivity contribution in [2.45, 2.75) is 0 Å². The van der Waals surface area contributed by atoms with Crippen LogP contribution >= 0.6 is 11.8 Å². The Kier molecular flexibility index (Phi) is 5.23. The van der Waals surface area contributed by atoms with Crippen LogP contribution in [0.4, 0.5) is 0 Å². The third-order valence-corrected chi connectivity index (χ3v) is 2.61. The zero-order valence-corrected chi connectivity index (χ0v) is 9.37. The van der Waals surface area contributed by atoms with E-state index in [9.17, 15) is 4.79 Å². The fourth-order valence-corrected chi connectivity index (χ4v) is 1.52. The molecule has 0 aliphatic heterocycles. The molecule has 0 heterocycles. The van der Waals surface area contributed by atoms with E-state index in [2.05, 4.69) is 0 Å². The maximum atomic E-state index is 10.2. The standard InChI is InChI=1S/C11H11NO3S/c12-7-9-1-3-10(4-2-9)15-5-6-16-8-11(13)14/h1-4H,5-6,8H2,(H,13,14). The molecule has 0 amide bonds. The summed E-state index contributed by atoms with van der Waals surface area (Å²) in [6.45, 7) is 0.462. The lowest BCUT2D eigenvalue weighted by atomic mass is 10.2. The number of nitriles is 1. The van der Waals surface area contributed by atoms with Crippen LogP contribution in [-0.2, 0) is 4.79 Å². The Hall–Kier alpha value is -1.67. The highest BCUT2D eigenvalue weighted by molar-refractivity contribution is 7.99. The monoisotopic (exact) mass is 237 g/mol. The van der Waals surface area contributed by atoms with E-state index in [1.54, 1.807) is 24.3 Å². The van der Waals surface area contributed by atoms with E-state index in [4.69, 9.17) is 15.1 Å². The van der Waals surface area contributed by atoms with Gasteiger partial charge in [-0.05, 0) is 24.3 Å². The first-order valence-electron chi connectivity index (χ1n) is 4.65. The lowest BCUT2D eigenvalue weighted by Crippen LogP contribution is -2.04. The predicted molar refractivity (Wildman–Crippen MR) is 61.6 cm³/mol. The van der Waals surface area contributed by atoms with Gasteiger partial charge in [0, 0.05) is 5.75 Å². The van der Waals surface area contributed by atoms with Gasteiger partial charge in [0.2, 0.25) is 0 Å². The molecule has 16 heavy (non-hydrogen) atoms. The van der Waals surface area contributed by atoms with Crippen LogP contribution in [0.2, 0.25) is 0 Å². The topological polar surface area (TPSA) is 70.3 Å². The molecule has 0 bridgehead atoms. The number of aliphatic carboxylic acids is 1. The van der Waals surface area contributed by atoms with Crippen molar-refractivity contribution >= 4 is 17.7 Å². The molecule has 0 unspecified atom stereocenters. The van der Waals surface area contributed by atoms with Gasteiger partial charge in [0.1, 0.15) is 5.75 Å². The summed E-state index contributed by atoms with van der Waals surface area (Å²) in [5, 5.41) is 17.0. The largest absolute Gasteiger partial charge is 0.493 e. The summed E-state index contributed by atoms with van der Waals surface area (Å²) in [4.78, 5) is 10.2. The van der Waals surface area contributed by atoms with Crippen molar-refractivity contribution in [2.24, 2.45) is 0 Å². The van der Waals surface area contributed by atoms with Crippen LogP contribution in [-0.4, -0.2) is 29.2 Å². The van der Waals surface area contributed by atoms with Crippen LogP contribution in [0.15, 0.2) is 24.3 Å². The van der Waals surface area contributed by atoms with Crippen LogP contribution in [0.1, 0.15) is 5.56 Å². The van der Waals surface area contributed by atoms with Gasteiger partial charge in [-0.25, -0.2) is 0 Å². The average Bonchev–Trinajstić information content (AvgIpc) is 2.29. The summed E-state index contributed by atoms with van der Waals surface area (Å²) in [6.07, 6.45) is 0. The van der Waals surface area contributed by atoms with Crippen LogP contribution < -0.4 is 4.74 Å². The first kappa shape index (κ1) is 12.4. The highest BCUT2D eigenvalue weighted by atomic mass is 32.2. The quantitative estimate of drug-likeness (QED) is 0.763. The molecule has 0 aromatic heterocycles. The van der Waals surface area contributed by atoms with Gasteiger partial charge in [-0.3, -0.25) is 4.79 Å². The molecule has 0 aliphatic rings. The SMILES string of the molecule is N#Cc1ccc(OCCSCC(=O)O)cc1. The number of hydrogen-bond acceptors (Lipinski definition) is 4. The van der Waals surface area contributed by atoms with Crippen molar-refractivity contribution in [3.05, 3.63) is 29.8 Å². The lowest BCUT2D eigenvalue weighted by molar-refractivity contribution is -0.133.